The molecule has 1 atom stereocenters. The number of hydrogen-bond donors (Lipinski definition) is 1. The minimum Gasteiger partial charge on any atom is -0.480 e. The molecule has 7 heteroatoms. The van der Waals surface area contributed by atoms with Gasteiger partial charge in [-0.1, -0.05) is 42.0 Å². The predicted molar refractivity (Wildman–Crippen MR) is 122 cm³/mol. The molecule has 0 amide bonds. The van der Waals surface area contributed by atoms with E-state index in [4.69, 9.17) is 5.26 Å². The molecule has 168 valence electrons. The first-order chi connectivity index (χ1) is 15.9. The van der Waals surface area contributed by atoms with Gasteiger partial charge in [0.25, 0.3) is 0 Å². The third kappa shape index (κ3) is 4.86. The van der Waals surface area contributed by atoms with Crippen molar-refractivity contribution in [3.8, 4) is 6.07 Å². The third-order valence-electron chi connectivity index (χ3n) is 6.37. The lowest BCUT2D eigenvalue weighted by Crippen LogP contribution is -2.53. The van der Waals surface area contributed by atoms with E-state index in [0.717, 1.165) is 22.4 Å². The van der Waals surface area contributed by atoms with Crippen LogP contribution in [-0.2, 0) is 29.1 Å². The second-order valence-electron chi connectivity index (χ2n) is 8.76. The quantitative estimate of drug-likeness (QED) is 0.564. The summed E-state index contributed by atoms with van der Waals surface area (Å²) < 4.78 is 2.01. The Labute approximate surface area is 192 Å². The predicted octanol–water partition coefficient (Wildman–Crippen LogP) is 3.20. The van der Waals surface area contributed by atoms with E-state index < -0.39 is 11.4 Å². The summed E-state index contributed by atoms with van der Waals surface area (Å²) in [6.07, 6.45) is 4.02. The lowest BCUT2D eigenvalue weighted by Gasteiger charge is -2.37. The highest BCUT2D eigenvalue weighted by atomic mass is 16.4. The zero-order valence-corrected chi connectivity index (χ0v) is 18.6. The molecule has 1 aromatic heterocycles. The second kappa shape index (κ2) is 9.39. The van der Waals surface area contributed by atoms with Crippen molar-refractivity contribution >= 4 is 11.8 Å². The van der Waals surface area contributed by atoms with Gasteiger partial charge in [-0.25, -0.2) is 4.98 Å². The van der Waals surface area contributed by atoms with Gasteiger partial charge < -0.3 is 9.67 Å². The molecule has 0 aliphatic carbocycles. The summed E-state index contributed by atoms with van der Waals surface area (Å²) in [6.45, 7) is 3.70. The number of carboxylic acid groups (broad SMARTS) is 1. The van der Waals surface area contributed by atoms with Crippen LogP contribution in [0.3, 0.4) is 0 Å². The van der Waals surface area contributed by atoms with Gasteiger partial charge in [-0.3, -0.25) is 14.5 Å². The smallest absolute Gasteiger partial charge is 0.317 e. The minimum absolute atomic E-state index is 0.0974. The van der Waals surface area contributed by atoms with Crippen LogP contribution in [0.5, 0.6) is 0 Å². The number of likely N-dealkylation sites (tertiary alicyclic amines) is 1. The second-order valence-corrected chi connectivity index (χ2v) is 8.76. The minimum atomic E-state index is -1.38. The maximum atomic E-state index is 13.2. The number of Topliss-reactive ketones (excluding diaryl/α,β-unsaturated/α-hetero) is 1. The van der Waals surface area contributed by atoms with Gasteiger partial charge in [0.15, 0.2) is 5.78 Å². The van der Waals surface area contributed by atoms with Gasteiger partial charge in [-0.05, 0) is 43.0 Å². The van der Waals surface area contributed by atoms with Crippen LogP contribution in [0.1, 0.15) is 34.4 Å². The Morgan fingerprint density at radius 3 is 2.64 bits per heavy atom. The zero-order chi connectivity index (χ0) is 23.4. The Hall–Kier alpha value is -3.76. The van der Waals surface area contributed by atoms with Gasteiger partial charge in [0, 0.05) is 25.8 Å². The first kappa shape index (κ1) is 22.4. The van der Waals surface area contributed by atoms with Crippen molar-refractivity contribution in [2.24, 2.45) is 5.41 Å². The van der Waals surface area contributed by atoms with Crippen molar-refractivity contribution in [3.63, 3.8) is 0 Å². The molecule has 7 nitrogen and oxygen atoms in total. The van der Waals surface area contributed by atoms with E-state index in [2.05, 4.69) is 11.1 Å². The maximum absolute atomic E-state index is 13.2. The first-order valence-corrected chi connectivity index (χ1v) is 10.9. The molecule has 0 bridgehead atoms. The van der Waals surface area contributed by atoms with Crippen LogP contribution in [-0.4, -0.2) is 44.4 Å². The lowest BCUT2D eigenvalue weighted by atomic mass is 9.72. The molecule has 1 fully saturated rings. The average Bonchev–Trinajstić information content (AvgIpc) is 3.22. The van der Waals surface area contributed by atoms with Gasteiger partial charge in [-0.2, -0.15) is 5.26 Å². The molecule has 1 aliphatic rings. The van der Waals surface area contributed by atoms with E-state index in [0.29, 0.717) is 25.2 Å². The molecule has 1 saturated heterocycles. The topological polar surface area (TPSA) is 99.2 Å². The van der Waals surface area contributed by atoms with Crippen LogP contribution in [0.2, 0.25) is 0 Å². The van der Waals surface area contributed by atoms with Gasteiger partial charge in [0.1, 0.15) is 5.41 Å². The first-order valence-electron chi connectivity index (χ1n) is 10.9. The number of imidazole rings is 1. The maximum Gasteiger partial charge on any atom is 0.317 e. The van der Waals surface area contributed by atoms with Crippen molar-refractivity contribution in [2.75, 3.05) is 13.1 Å². The number of ketones is 1. The fourth-order valence-corrected chi connectivity index (χ4v) is 4.45. The van der Waals surface area contributed by atoms with E-state index in [9.17, 15) is 14.7 Å². The van der Waals surface area contributed by atoms with E-state index in [1.807, 2.05) is 52.8 Å². The number of aromatic nitrogens is 2. The number of aliphatic carboxylic acids is 1. The highest BCUT2D eigenvalue weighted by Crippen LogP contribution is 2.34. The van der Waals surface area contributed by atoms with Gasteiger partial charge in [0.05, 0.1) is 30.2 Å². The fraction of sp³-hybridized carbons (Fsp3) is 0.308. The van der Waals surface area contributed by atoms with Crippen LogP contribution < -0.4 is 0 Å². The van der Waals surface area contributed by atoms with Crippen LogP contribution in [0.4, 0.5) is 0 Å². The number of hydrogen-bond acceptors (Lipinski definition) is 5. The number of aryl methyl sites for hydroxylation is 1. The monoisotopic (exact) mass is 442 g/mol. The molecule has 4 rings (SSSR count). The van der Waals surface area contributed by atoms with E-state index in [1.165, 1.54) is 0 Å². The standard InChI is InChI=1S/C26H26N4O3/c1-19-3-2-4-22(11-19)12-26(25(32)33)9-10-29(17-24(26)31)16-23-14-28-18-30(23)15-21-7-5-20(13-27)6-8-21/h2-8,11,14,18H,9-10,12,15-17H2,1H3,(H,32,33). The van der Waals surface area contributed by atoms with Gasteiger partial charge >= 0.3 is 5.97 Å². The van der Waals surface area contributed by atoms with Crippen molar-refractivity contribution < 1.29 is 14.7 Å². The molecule has 33 heavy (non-hydrogen) atoms. The molecule has 2 aromatic carbocycles. The van der Waals surface area contributed by atoms with Crippen LogP contribution >= 0.6 is 0 Å². The van der Waals surface area contributed by atoms with Crippen molar-refractivity contribution in [1.82, 2.24) is 14.5 Å². The molecule has 3 aromatic rings. The Bertz CT molecular complexity index is 1210. The summed E-state index contributed by atoms with van der Waals surface area (Å²) in [5, 5.41) is 19.0. The van der Waals surface area contributed by atoms with Gasteiger partial charge in [-0.15, -0.1) is 0 Å². The molecule has 1 aliphatic heterocycles. The molecule has 0 saturated carbocycles. The molecule has 2 heterocycles. The van der Waals surface area contributed by atoms with E-state index in [1.54, 1.807) is 24.7 Å². The third-order valence-corrected chi connectivity index (χ3v) is 6.37. The number of rotatable bonds is 7. The molecule has 1 N–H and O–H groups in total. The fourth-order valence-electron chi connectivity index (χ4n) is 4.45. The van der Waals surface area contributed by atoms with Crippen LogP contribution in [0.15, 0.2) is 61.1 Å². The van der Waals surface area contributed by atoms with Gasteiger partial charge in [0.2, 0.25) is 0 Å². The average molecular weight is 443 g/mol. The van der Waals surface area contributed by atoms with Crippen molar-refractivity contribution in [1.29, 1.82) is 5.26 Å². The van der Waals surface area contributed by atoms with Crippen molar-refractivity contribution in [2.45, 2.75) is 32.9 Å². The summed E-state index contributed by atoms with van der Waals surface area (Å²) in [5.74, 6) is -1.29. The summed E-state index contributed by atoms with van der Waals surface area (Å²) in [7, 11) is 0. The molecular formula is C26H26N4O3. The Balaban J connectivity index is 1.45. The van der Waals surface area contributed by atoms with Crippen LogP contribution in [0, 0.1) is 23.7 Å². The Kier molecular flexibility index (Phi) is 6.38. The highest BCUT2D eigenvalue weighted by Gasteiger charge is 2.48. The summed E-state index contributed by atoms with van der Waals surface area (Å²) in [4.78, 5) is 31.6. The molecular weight excluding hydrogens is 416 g/mol. The number of nitriles is 1. The van der Waals surface area contributed by atoms with E-state index in [-0.39, 0.29) is 25.2 Å². The van der Waals surface area contributed by atoms with Crippen molar-refractivity contribution in [3.05, 3.63) is 89.0 Å². The zero-order valence-electron chi connectivity index (χ0n) is 18.6. The molecule has 1 unspecified atom stereocenters. The Morgan fingerprint density at radius 1 is 1.18 bits per heavy atom. The van der Waals surface area contributed by atoms with E-state index >= 15 is 0 Å². The largest absolute Gasteiger partial charge is 0.480 e. The molecule has 0 spiro atoms. The summed E-state index contributed by atoms with van der Waals surface area (Å²) in [5.41, 5.74) is 3.16. The highest BCUT2D eigenvalue weighted by molar-refractivity contribution is 6.04. The van der Waals surface area contributed by atoms with Crippen LogP contribution in [0.25, 0.3) is 0 Å². The number of carbonyl (C=O) groups is 2. The summed E-state index contributed by atoms with van der Waals surface area (Å²) in [6, 6.07) is 17.2. The number of nitrogens with zero attached hydrogens (tertiary/aromatic N) is 4. The Morgan fingerprint density at radius 2 is 1.97 bits per heavy atom. The normalized spacial score (nSPS) is 18.7. The number of benzene rings is 2. The lowest BCUT2D eigenvalue weighted by molar-refractivity contribution is -0.158. The number of carboxylic acids is 1. The SMILES string of the molecule is Cc1cccc(CC2(C(=O)O)CCN(Cc3cncn3Cc3ccc(C#N)cc3)CC2=O)c1. The molecule has 0 radical (unpaired) electrons. The summed E-state index contributed by atoms with van der Waals surface area (Å²) >= 11 is 0. The number of carbonyl (C=O) groups excluding carboxylic acids is 1. The number of piperidine rings is 1.